The minimum atomic E-state index is 0.584. The summed E-state index contributed by atoms with van der Waals surface area (Å²) in [6, 6.07) is 63.9. The first-order valence-electron chi connectivity index (χ1n) is 18.8. The van der Waals surface area contributed by atoms with Crippen molar-refractivity contribution in [1.82, 2.24) is 19.5 Å². The van der Waals surface area contributed by atoms with Gasteiger partial charge in [0.2, 0.25) is 0 Å². The lowest BCUT2D eigenvalue weighted by atomic mass is 10.0. The summed E-state index contributed by atoms with van der Waals surface area (Å²) in [5.41, 5.74) is 7.48. The third kappa shape index (κ3) is 4.71. The van der Waals surface area contributed by atoms with E-state index in [0.717, 1.165) is 71.5 Å². The highest BCUT2D eigenvalue weighted by molar-refractivity contribution is 6.20. The summed E-state index contributed by atoms with van der Waals surface area (Å²) in [7, 11) is 0. The van der Waals surface area contributed by atoms with Crippen molar-refractivity contribution >= 4 is 76.1 Å². The average Bonchev–Trinajstić information content (AvgIpc) is 3.80. The first-order valence-corrected chi connectivity index (χ1v) is 18.8. The van der Waals surface area contributed by atoms with Crippen molar-refractivity contribution in [3.05, 3.63) is 182 Å². The van der Waals surface area contributed by atoms with Crippen molar-refractivity contribution < 1.29 is 4.42 Å². The maximum atomic E-state index is 6.74. The standard InChI is InChI=1S/C51H30N4O/c1-2-14-33(15-3-1)49-52-50(37-23-22-31-12-4-5-16-34(31)26-37)54-51(53-49)41-29-42-47(56-46-25-24-32-13-8-9-19-38(32)48(42)46)30-45(41)55-43-21-11-10-20-39(43)40-27-35-17-6-7-18-36(35)28-44(40)55/h1-30H. The number of hydrogen-bond acceptors (Lipinski definition) is 4. The Bertz CT molecular complexity index is 3540. The second kappa shape index (κ2) is 11.9. The molecule has 0 unspecified atom stereocenters. The summed E-state index contributed by atoms with van der Waals surface area (Å²) in [6.07, 6.45) is 0. The first-order chi connectivity index (χ1) is 27.7. The molecule has 3 aromatic heterocycles. The van der Waals surface area contributed by atoms with Gasteiger partial charge in [-0.25, -0.2) is 15.0 Å². The van der Waals surface area contributed by atoms with Crippen molar-refractivity contribution in [3.8, 4) is 39.9 Å². The molecule has 9 aromatic carbocycles. The van der Waals surface area contributed by atoms with Gasteiger partial charge in [0.05, 0.1) is 16.7 Å². The minimum absolute atomic E-state index is 0.584. The molecule has 12 aromatic rings. The number of rotatable bonds is 4. The number of para-hydroxylation sites is 1. The molecule has 0 amide bonds. The molecule has 0 fully saturated rings. The summed E-state index contributed by atoms with van der Waals surface area (Å²) in [6.45, 7) is 0. The molecule has 3 heterocycles. The Morgan fingerprint density at radius 1 is 0.357 bits per heavy atom. The van der Waals surface area contributed by atoms with Crippen LogP contribution in [0.3, 0.4) is 0 Å². The predicted octanol–water partition coefficient (Wildman–Crippen LogP) is 13.3. The van der Waals surface area contributed by atoms with Crippen LogP contribution in [0.1, 0.15) is 0 Å². The number of hydrogen-bond donors (Lipinski definition) is 0. The van der Waals surface area contributed by atoms with Crippen LogP contribution in [-0.4, -0.2) is 19.5 Å². The normalized spacial score (nSPS) is 11.9. The van der Waals surface area contributed by atoms with Crippen molar-refractivity contribution in [3.63, 3.8) is 0 Å². The van der Waals surface area contributed by atoms with E-state index < -0.39 is 0 Å². The van der Waals surface area contributed by atoms with Crippen molar-refractivity contribution in [2.45, 2.75) is 0 Å². The molecule has 0 spiro atoms. The Labute approximate surface area is 320 Å². The van der Waals surface area contributed by atoms with Gasteiger partial charge >= 0.3 is 0 Å². The van der Waals surface area contributed by atoms with Crippen molar-refractivity contribution in [1.29, 1.82) is 0 Å². The molecule has 0 atom stereocenters. The number of fused-ring (bicyclic) bond motifs is 10. The first kappa shape index (κ1) is 30.8. The molecule has 0 aliphatic rings. The summed E-state index contributed by atoms with van der Waals surface area (Å²) in [5, 5.41) is 11.4. The van der Waals surface area contributed by atoms with Gasteiger partial charge in [0.1, 0.15) is 11.2 Å². The van der Waals surface area contributed by atoms with Gasteiger partial charge in [-0.15, -0.1) is 0 Å². The molecule has 0 saturated carbocycles. The molecule has 5 heteroatoms. The molecule has 0 saturated heterocycles. The molecule has 12 rings (SSSR count). The van der Waals surface area contributed by atoms with Gasteiger partial charge in [-0.2, -0.15) is 0 Å². The van der Waals surface area contributed by atoms with Gasteiger partial charge in [-0.3, -0.25) is 0 Å². The molecule has 56 heavy (non-hydrogen) atoms. The SMILES string of the molecule is c1ccc(-c2nc(-c3ccc4ccccc4c3)nc(-c3cc4c(cc3-n3c5ccccc5c5cc6ccccc6cc53)oc3ccc5ccccc5c34)n2)cc1. The molecule has 260 valence electrons. The van der Waals surface area contributed by atoms with E-state index in [1.165, 1.54) is 26.9 Å². The second-order valence-corrected chi connectivity index (χ2v) is 14.4. The Balaban J connectivity index is 1.23. The van der Waals surface area contributed by atoms with Crippen LogP contribution < -0.4 is 0 Å². The van der Waals surface area contributed by atoms with Crippen LogP contribution in [0.25, 0.3) is 116 Å². The number of aromatic nitrogens is 4. The molecule has 0 radical (unpaired) electrons. The van der Waals surface area contributed by atoms with Gasteiger partial charge in [0, 0.05) is 44.3 Å². The topological polar surface area (TPSA) is 56.7 Å². The smallest absolute Gasteiger partial charge is 0.166 e. The Morgan fingerprint density at radius 3 is 1.80 bits per heavy atom. The fourth-order valence-corrected chi connectivity index (χ4v) is 8.53. The zero-order valence-electron chi connectivity index (χ0n) is 30.0. The Morgan fingerprint density at radius 2 is 0.982 bits per heavy atom. The summed E-state index contributed by atoms with van der Waals surface area (Å²) >= 11 is 0. The molecule has 0 N–H and O–H groups in total. The van der Waals surface area contributed by atoms with Crippen LogP contribution in [-0.2, 0) is 0 Å². The lowest BCUT2D eigenvalue weighted by molar-refractivity contribution is 0.669. The van der Waals surface area contributed by atoms with Crippen LogP contribution in [0.15, 0.2) is 186 Å². The van der Waals surface area contributed by atoms with Crippen LogP contribution in [0, 0.1) is 0 Å². The lowest BCUT2D eigenvalue weighted by Gasteiger charge is -2.15. The number of benzene rings is 9. The van der Waals surface area contributed by atoms with E-state index >= 15 is 0 Å². The molecule has 0 aliphatic heterocycles. The Hall–Kier alpha value is -7.63. The van der Waals surface area contributed by atoms with Crippen LogP contribution >= 0.6 is 0 Å². The van der Waals surface area contributed by atoms with Gasteiger partial charge in [0.25, 0.3) is 0 Å². The third-order valence-electron chi connectivity index (χ3n) is 11.2. The Kier molecular flexibility index (Phi) is 6.56. The number of furan rings is 1. The summed E-state index contributed by atoms with van der Waals surface area (Å²) < 4.78 is 9.10. The highest BCUT2D eigenvalue weighted by Gasteiger charge is 2.23. The fourth-order valence-electron chi connectivity index (χ4n) is 8.53. The van der Waals surface area contributed by atoms with E-state index in [1.54, 1.807) is 0 Å². The summed E-state index contributed by atoms with van der Waals surface area (Å²) in [4.78, 5) is 15.8. The minimum Gasteiger partial charge on any atom is -0.456 e. The van der Waals surface area contributed by atoms with E-state index in [0.29, 0.717) is 17.5 Å². The molecular formula is C51H30N4O. The fraction of sp³-hybridized carbons (Fsp3) is 0. The van der Waals surface area contributed by atoms with Crippen LogP contribution in [0.2, 0.25) is 0 Å². The highest BCUT2D eigenvalue weighted by Crippen LogP contribution is 2.43. The second-order valence-electron chi connectivity index (χ2n) is 14.4. The van der Waals surface area contributed by atoms with Gasteiger partial charge < -0.3 is 8.98 Å². The number of nitrogens with zero attached hydrogens (tertiary/aromatic N) is 4. The quantitative estimate of drug-likeness (QED) is 0.182. The zero-order chi connectivity index (χ0) is 36.7. The van der Waals surface area contributed by atoms with Crippen molar-refractivity contribution in [2.24, 2.45) is 0 Å². The van der Waals surface area contributed by atoms with Crippen LogP contribution in [0.4, 0.5) is 0 Å². The molecular weight excluding hydrogens is 685 g/mol. The summed E-state index contributed by atoms with van der Waals surface area (Å²) in [5.74, 6) is 1.81. The highest BCUT2D eigenvalue weighted by atomic mass is 16.3. The van der Waals surface area contributed by atoms with E-state index in [9.17, 15) is 0 Å². The molecule has 0 aliphatic carbocycles. The van der Waals surface area contributed by atoms with Gasteiger partial charge in [-0.1, -0.05) is 140 Å². The van der Waals surface area contributed by atoms with Crippen LogP contribution in [0.5, 0.6) is 0 Å². The van der Waals surface area contributed by atoms with Gasteiger partial charge in [-0.05, 0) is 68.7 Å². The van der Waals surface area contributed by atoms with Crippen molar-refractivity contribution in [2.75, 3.05) is 0 Å². The van der Waals surface area contributed by atoms with E-state index in [2.05, 4.69) is 168 Å². The lowest BCUT2D eigenvalue weighted by Crippen LogP contribution is -2.04. The van der Waals surface area contributed by atoms with E-state index in [1.807, 2.05) is 18.2 Å². The van der Waals surface area contributed by atoms with E-state index in [-0.39, 0.29) is 0 Å². The maximum Gasteiger partial charge on any atom is 0.166 e. The average molecular weight is 715 g/mol. The zero-order valence-corrected chi connectivity index (χ0v) is 30.0. The molecule has 0 bridgehead atoms. The van der Waals surface area contributed by atoms with E-state index in [4.69, 9.17) is 19.4 Å². The molecule has 5 nitrogen and oxygen atoms in total. The third-order valence-corrected chi connectivity index (χ3v) is 11.2. The largest absolute Gasteiger partial charge is 0.456 e. The maximum absolute atomic E-state index is 6.74. The van der Waals surface area contributed by atoms with Gasteiger partial charge in [0.15, 0.2) is 17.5 Å². The monoisotopic (exact) mass is 714 g/mol. The predicted molar refractivity (Wildman–Crippen MR) is 230 cm³/mol.